The Labute approximate surface area is 147 Å². The van der Waals surface area contributed by atoms with Gasteiger partial charge in [0.25, 0.3) is 5.91 Å². The maximum absolute atomic E-state index is 12.4. The molecule has 1 atom stereocenters. The second kappa shape index (κ2) is 5.76. The van der Waals surface area contributed by atoms with E-state index in [1.807, 2.05) is 60.5 Å². The molecule has 0 fully saturated rings. The van der Waals surface area contributed by atoms with Gasteiger partial charge in [0.05, 0.1) is 11.3 Å². The molecule has 0 saturated carbocycles. The summed E-state index contributed by atoms with van der Waals surface area (Å²) in [6, 6.07) is 15.3. The molecule has 1 aliphatic rings. The summed E-state index contributed by atoms with van der Waals surface area (Å²) >= 11 is 3.43. The monoisotopic (exact) mass is 383 g/mol. The third-order valence-electron chi connectivity index (χ3n) is 4.14. The fourth-order valence-corrected chi connectivity index (χ4v) is 3.18. The molecule has 0 saturated heterocycles. The SMILES string of the molecule is CN1c2ccccc2C(=O)NC1c1n[nH]nc1-c1ccc(Br)cc1. The van der Waals surface area contributed by atoms with Crippen LogP contribution in [0.3, 0.4) is 0 Å². The number of carbonyl (C=O) groups is 1. The molecule has 2 aromatic carbocycles. The van der Waals surface area contributed by atoms with E-state index in [-0.39, 0.29) is 12.1 Å². The first-order chi connectivity index (χ1) is 11.6. The van der Waals surface area contributed by atoms with Crippen LogP contribution >= 0.6 is 15.9 Å². The molecule has 1 aliphatic heterocycles. The van der Waals surface area contributed by atoms with Crippen LogP contribution in [0.2, 0.25) is 0 Å². The van der Waals surface area contributed by atoms with Gasteiger partial charge in [0.2, 0.25) is 0 Å². The maximum atomic E-state index is 12.4. The molecule has 2 heterocycles. The number of carbonyl (C=O) groups excluding carboxylic acids is 1. The average molecular weight is 384 g/mol. The maximum Gasteiger partial charge on any atom is 0.255 e. The Kier molecular flexibility index (Phi) is 3.57. The molecule has 0 spiro atoms. The lowest BCUT2D eigenvalue weighted by molar-refractivity contribution is 0.0927. The minimum absolute atomic E-state index is 0.113. The normalized spacial score (nSPS) is 16.7. The van der Waals surface area contributed by atoms with E-state index < -0.39 is 0 Å². The molecule has 24 heavy (non-hydrogen) atoms. The predicted molar refractivity (Wildman–Crippen MR) is 94.6 cm³/mol. The second-order valence-electron chi connectivity index (χ2n) is 5.57. The second-order valence-corrected chi connectivity index (χ2v) is 6.48. The molecular weight excluding hydrogens is 370 g/mol. The lowest BCUT2D eigenvalue weighted by Gasteiger charge is -2.35. The number of H-pyrrole nitrogens is 1. The molecule has 7 heteroatoms. The highest BCUT2D eigenvalue weighted by atomic mass is 79.9. The molecule has 0 bridgehead atoms. The molecule has 0 radical (unpaired) electrons. The number of para-hydroxylation sites is 1. The number of anilines is 1. The number of rotatable bonds is 2. The van der Waals surface area contributed by atoms with E-state index in [2.05, 4.69) is 36.7 Å². The van der Waals surface area contributed by atoms with Crippen molar-refractivity contribution in [1.82, 2.24) is 20.7 Å². The van der Waals surface area contributed by atoms with Crippen LogP contribution in [0, 0.1) is 0 Å². The molecule has 120 valence electrons. The number of aromatic amines is 1. The van der Waals surface area contributed by atoms with Crippen molar-refractivity contribution in [1.29, 1.82) is 0 Å². The van der Waals surface area contributed by atoms with Crippen molar-refractivity contribution in [3.8, 4) is 11.3 Å². The van der Waals surface area contributed by atoms with E-state index in [0.717, 1.165) is 21.4 Å². The lowest BCUT2D eigenvalue weighted by atomic mass is 10.0. The number of amides is 1. The summed E-state index contributed by atoms with van der Waals surface area (Å²) in [4.78, 5) is 14.4. The Morgan fingerprint density at radius 3 is 2.62 bits per heavy atom. The number of hydrogen-bond donors (Lipinski definition) is 2. The van der Waals surface area contributed by atoms with E-state index in [4.69, 9.17) is 0 Å². The highest BCUT2D eigenvalue weighted by Crippen LogP contribution is 2.34. The fraction of sp³-hybridized carbons (Fsp3) is 0.118. The van der Waals surface area contributed by atoms with Gasteiger partial charge in [0.15, 0.2) is 0 Å². The van der Waals surface area contributed by atoms with Gasteiger partial charge in [0.1, 0.15) is 17.6 Å². The Morgan fingerprint density at radius 1 is 1.08 bits per heavy atom. The number of fused-ring (bicyclic) bond motifs is 1. The van der Waals surface area contributed by atoms with Gasteiger partial charge in [-0.2, -0.15) is 15.4 Å². The van der Waals surface area contributed by atoms with Crippen molar-refractivity contribution in [2.45, 2.75) is 6.17 Å². The van der Waals surface area contributed by atoms with Crippen molar-refractivity contribution in [2.24, 2.45) is 0 Å². The van der Waals surface area contributed by atoms with Gasteiger partial charge < -0.3 is 10.2 Å². The lowest BCUT2D eigenvalue weighted by Crippen LogP contribution is -2.45. The molecule has 3 aromatic rings. The van der Waals surface area contributed by atoms with Crippen LogP contribution in [-0.2, 0) is 0 Å². The summed E-state index contributed by atoms with van der Waals surface area (Å²) < 4.78 is 0.994. The van der Waals surface area contributed by atoms with Crippen LogP contribution in [-0.4, -0.2) is 28.4 Å². The van der Waals surface area contributed by atoms with Gasteiger partial charge in [-0.15, -0.1) is 0 Å². The van der Waals surface area contributed by atoms with Gasteiger partial charge in [-0.05, 0) is 24.3 Å². The Bertz CT molecular complexity index is 905. The largest absolute Gasteiger partial charge is 0.349 e. The topological polar surface area (TPSA) is 73.9 Å². The zero-order valence-corrected chi connectivity index (χ0v) is 14.4. The van der Waals surface area contributed by atoms with Gasteiger partial charge in [0, 0.05) is 17.1 Å². The third-order valence-corrected chi connectivity index (χ3v) is 4.66. The number of halogens is 1. The first-order valence-corrected chi connectivity index (χ1v) is 8.24. The van der Waals surface area contributed by atoms with Crippen molar-refractivity contribution >= 4 is 27.5 Å². The summed E-state index contributed by atoms with van der Waals surface area (Å²) in [6.45, 7) is 0. The number of hydrogen-bond acceptors (Lipinski definition) is 4. The van der Waals surface area contributed by atoms with Crippen molar-refractivity contribution in [3.05, 3.63) is 64.3 Å². The number of nitrogens with zero attached hydrogens (tertiary/aromatic N) is 3. The van der Waals surface area contributed by atoms with E-state index in [1.54, 1.807) is 0 Å². The summed E-state index contributed by atoms with van der Waals surface area (Å²) in [6.07, 6.45) is -0.384. The molecule has 1 aromatic heterocycles. The average Bonchev–Trinajstić information content (AvgIpc) is 3.08. The van der Waals surface area contributed by atoms with Gasteiger partial charge in [-0.25, -0.2) is 0 Å². The summed E-state index contributed by atoms with van der Waals surface area (Å²) in [5.41, 5.74) is 3.87. The molecule has 0 aliphatic carbocycles. The summed E-state index contributed by atoms with van der Waals surface area (Å²) in [5, 5.41) is 14.2. The predicted octanol–water partition coefficient (Wildman–Crippen LogP) is 3.11. The van der Waals surface area contributed by atoms with E-state index >= 15 is 0 Å². The van der Waals surface area contributed by atoms with Crippen molar-refractivity contribution < 1.29 is 4.79 Å². The fourth-order valence-electron chi connectivity index (χ4n) is 2.91. The van der Waals surface area contributed by atoms with Crippen LogP contribution in [0.25, 0.3) is 11.3 Å². The number of benzene rings is 2. The first kappa shape index (κ1) is 14.9. The van der Waals surface area contributed by atoms with Crippen molar-refractivity contribution in [3.63, 3.8) is 0 Å². The number of aromatic nitrogens is 3. The highest BCUT2D eigenvalue weighted by molar-refractivity contribution is 9.10. The molecule has 6 nitrogen and oxygen atoms in total. The Morgan fingerprint density at radius 2 is 1.83 bits per heavy atom. The minimum Gasteiger partial charge on any atom is -0.349 e. The van der Waals surface area contributed by atoms with Crippen LogP contribution in [0.15, 0.2) is 53.0 Å². The third kappa shape index (κ3) is 2.37. The molecule has 1 amide bonds. The molecular formula is C17H14BrN5O. The Balaban J connectivity index is 1.77. The highest BCUT2D eigenvalue weighted by Gasteiger charge is 2.32. The van der Waals surface area contributed by atoms with Crippen molar-refractivity contribution in [2.75, 3.05) is 11.9 Å². The summed E-state index contributed by atoms with van der Waals surface area (Å²) in [5.74, 6) is -0.113. The van der Waals surface area contributed by atoms with Gasteiger partial charge in [-0.1, -0.05) is 40.2 Å². The van der Waals surface area contributed by atoms with E-state index in [1.165, 1.54) is 0 Å². The van der Waals surface area contributed by atoms with E-state index in [9.17, 15) is 4.79 Å². The summed E-state index contributed by atoms with van der Waals surface area (Å²) in [7, 11) is 1.93. The number of nitrogens with one attached hydrogen (secondary N) is 2. The Hall–Kier alpha value is -2.67. The molecule has 4 rings (SSSR count). The van der Waals surface area contributed by atoms with E-state index in [0.29, 0.717) is 11.3 Å². The zero-order chi connectivity index (χ0) is 16.7. The molecule has 2 N–H and O–H groups in total. The van der Waals surface area contributed by atoms with Gasteiger partial charge >= 0.3 is 0 Å². The smallest absolute Gasteiger partial charge is 0.255 e. The van der Waals surface area contributed by atoms with Gasteiger partial charge in [-0.3, -0.25) is 4.79 Å². The molecule has 1 unspecified atom stereocenters. The quantitative estimate of drug-likeness (QED) is 0.712. The zero-order valence-electron chi connectivity index (χ0n) is 12.8. The van der Waals surface area contributed by atoms with Crippen LogP contribution in [0.1, 0.15) is 22.2 Å². The van der Waals surface area contributed by atoms with Crippen LogP contribution in [0.4, 0.5) is 5.69 Å². The van der Waals surface area contributed by atoms with Crippen LogP contribution < -0.4 is 10.2 Å². The first-order valence-electron chi connectivity index (χ1n) is 7.44. The standard InChI is InChI=1S/C17H14BrN5O/c1-23-13-5-3-2-4-12(13)17(24)19-16(23)15-14(20-22-21-15)10-6-8-11(18)9-7-10/h2-9,16H,1H3,(H,19,24)(H,20,21,22). The minimum atomic E-state index is -0.384. The van der Waals surface area contributed by atoms with Crippen LogP contribution in [0.5, 0.6) is 0 Å².